The van der Waals surface area contributed by atoms with Crippen molar-refractivity contribution in [1.29, 1.82) is 0 Å². The highest BCUT2D eigenvalue weighted by atomic mass is 16.5. The smallest absolute Gasteiger partial charge is 0.227 e. The Bertz CT molecular complexity index is 1210. The first kappa shape index (κ1) is 23.9. The Morgan fingerprint density at radius 2 is 1.46 bits per heavy atom. The highest BCUT2D eigenvalue weighted by Crippen LogP contribution is 2.52. The number of ether oxygens (including phenoxy) is 1. The van der Waals surface area contributed by atoms with Crippen molar-refractivity contribution in [3.8, 4) is 0 Å². The number of likely N-dealkylation sites (tertiary alicyclic amines) is 1. The van der Waals surface area contributed by atoms with Gasteiger partial charge in [0.15, 0.2) is 0 Å². The van der Waals surface area contributed by atoms with Crippen molar-refractivity contribution in [2.75, 3.05) is 44.3 Å². The van der Waals surface area contributed by atoms with Crippen molar-refractivity contribution < 1.29 is 14.3 Å². The van der Waals surface area contributed by atoms with Crippen LogP contribution in [0.15, 0.2) is 84.9 Å². The Kier molecular flexibility index (Phi) is 6.56. The van der Waals surface area contributed by atoms with E-state index in [1.54, 1.807) is 0 Å². The fourth-order valence-electron chi connectivity index (χ4n) is 6.93. The summed E-state index contributed by atoms with van der Waals surface area (Å²) in [6.45, 7) is 4.22. The third-order valence-corrected chi connectivity index (χ3v) is 8.75. The molecule has 190 valence electrons. The number of morpholine rings is 1. The normalized spacial score (nSPS) is 23.1. The Labute approximate surface area is 219 Å². The van der Waals surface area contributed by atoms with E-state index in [-0.39, 0.29) is 23.2 Å². The average Bonchev–Trinajstić information content (AvgIpc) is 3.43. The lowest BCUT2D eigenvalue weighted by Crippen LogP contribution is -2.47. The molecule has 0 radical (unpaired) electrons. The van der Waals surface area contributed by atoms with E-state index in [1.807, 2.05) is 29.2 Å². The molecule has 3 aromatic rings. The van der Waals surface area contributed by atoms with Gasteiger partial charge in [-0.2, -0.15) is 0 Å². The summed E-state index contributed by atoms with van der Waals surface area (Å²) in [7, 11) is 0. The predicted octanol–water partition coefficient (Wildman–Crippen LogP) is 4.49. The number of benzene rings is 3. The summed E-state index contributed by atoms with van der Waals surface area (Å²) in [5.74, 6) is 0.346. The number of nitrogens with zero attached hydrogens (tertiary/aromatic N) is 2. The first-order valence-electron chi connectivity index (χ1n) is 13.5. The molecule has 1 aliphatic carbocycles. The minimum absolute atomic E-state index is 0.0667. The van der Waals surface area contributed by atoms with E-state index < -0.39 is 0 Å². The van der Waals surface area contributed by atoms with Crippen molar-refractivity contribution in [3.05, 3.63) is 102 Å². The lowest BCUT2D eigenvalue weighted by Gasteiger charge is -2.45. The number of carbonyl (C=O) groups excluding carboxylic acids is 2. The third-order valence-electron chi connectivity index (χ3n) is 8.75. The Morgan fingerprint density at radius 3 is 2.14 bits per heavy atom. The van der Waals surface area contributed by atoms with E-state index in [9.17, 15) is 9.59 Å². The van der Waals surface area contributed by atoms with Gasteiger partial charge in [0, 0.05) is 55.5 Å². The highest BCUT2D eigenvalue weighted by Gasteiger charge is 2.55. The number of amides is 1. The van der Waals surface area contributed by atoms with Gasteiger partial charge in [0.25, 0.3) is 0 Å². The second-order valence-electron chi connectivity index (χ2n) is 10.6. The van der Waals surface area contributed by atoms with Gasteiger partial charge in [0.2, 0.25) is 5.91 Å². The zero-order valence-electron chi connectivity index (χ0n) is 21.2. The highest BCUT2D eigenvalue weighted by molar-refractivity contribution is 5.87. The average molecular weight is 495 g/mol. The predicted molar refractivity (Wildman–Crippen MR) is 145 cm³/mol. The Balaban J connectivity index is 1.30. The fraction of sp³-hybridized carbons (Fsp3) is 0.375. The van der Waals surface area contributed by atoms with Gasteiger partial charge < -0.3 is 14.5 Å². The molecule has 0 aromatic heterocycles. The summed E-state index contributed by atoms with van der Waals surface area (Å²) in [6, 6.07) is 29.5. The van der Waals surface area contributed by atoms with Crippen molar-refractivity contribution in [2.45, 2.75) is 24.7 Å². The SMILES string of the molecule is O=C1CCC(c2ccccc2)(c2ccccc2)C2CN(C(=O)Cc3ccccc3N3CCOCC3)CC12. The van der Waals surface area contributed by atoms with Gasteiger partial charge in [-0.15, -0.1) is 0 Å². The van der Waals surface area contributed by atoms with Crippen molar-refractivity contribution >= 4 is 17.4 Å². The molecule has 1 saturated carbocycles. The van der Waals surface area contributed by atoms with Crippen molar-refractivity contribution in [1.82, 2.24) is 4.90 Å². The molecule has 5 nitrogen and oxygen atoms in total. The fourth-order valence-corrected chi connectivity index (χ4v) is 6.93. The molecule has 2 unspecified atom stereocenters. The van der Waals surface area contributed by atoms with E-state index in [4.69, 9.17) is 4.74 Å². The number of fused-ring (bicyclic) bond motifs is 1. The molecule has 3 aliphatic rings. The molecular weight excluding hydrogens is 460 g/mol. The van der Waals surface area contributed by atoms with E-state index in [0.717, 1.165) is 30.8 Å². The quantitative estimate of drug-likeness (QED) is 0.525. The monoisotopic (exact) mass is 494 g/mol. The van der Waals surface area contributed by atoms with Gasteiger partial charge in [-0.25, -0.2) is 0 Å². The summed E-state index contributed by atoms with van der Waals surface area (Å²) >= 11 is 0. The van der Waals surface area contributed by atoms with Crippen LogP contribution in [-0.4, -0.2) is 56.0 Å². The molecule has 3 fully saturated rings. The van der Waals surface area contributed by atoms with Crippen LogP contribution in [-0.2, 0) is 26.2 Å². The number of rotatable bonds is 5. The van der Waals surface area contributed by atoms with Crippen LogP contribution in [0.1, 0.15) is 29.5 Å². The molecule has 0 spiro atoms. The molecule has 1 amide bonds. The minimum Gasteiger partial charge on any atom is -0.378 e. The molecule has 5 heteroatoms. The Morgan fingerprint density at radius 1 is 0.838 bits per heavy atom. The molecule has 37 heavy (non-hydrogen) atoms. The van der Waals surface area contributed by atoms with E-state index in [1.165, 1.54) is 11.1 Å². The zero-order valence-corrected chi connectivity index (χ0v) is 21.2. The van der Waals surface area contributed by atoms with Crippen LogP contribution < -0.4 is 4.90 Å². The van der Waals surface area contributed by atoms with Gasteiger partial charge in [-0.3, -0.25) is 9.59 Å². The van der Waals surface area contributed by atoms with Gasteiger partial charge >= 0.3 is 0 Å². The maximum atomic E-state index is 13.8. The van der Waals surface area contributed by atoms with Crippen LogP contribution in [0.3, 0.4) is 0 Å². The number of hydrogen-bond acceptors (Lipinski definition) is 4. The Hall–Kier alpha value is -3.44. The van der Waals surface area contributed by atoms with Gasteiger partial charge in [-0.05, 0) is 29.2 Å². The first-order chi connectivity index (χ1) is 18.2. The first-order valence-corrected chi connectivity index (χ1v) is 13.5. The summed E-state index contributed by atoms with van der Waals surface area (Å²) in [6.07, 6.45) is 1.68. The molecule has 2 atom stereocenters. The van der Waals surface area contributed by atoms with Crippen molar-refractivity contribution in [2.24, 2.45) is 11.8 Å². The van der Waals surface area contributed by atoms with E-state index in [0.29, 0.717) is 44.9 Å². The molecule has 0 bridgehead atoms. The number of anilines is 1. The minimum atomic E-state index is -0.276. The maximum absolute atomic E-state index is 13.8. The van der Waals surface area contributed by atoms with Crippen LogP contribution in [0.5, 0.6) is 0 Å². The molecular formula is C32H34N2O3. The van der Waals surface area contributed by atoms with Crippen LogP contribution in [0.4, 0.5) is 5.69 Å². The third kappa shape index (κ3) is 4.36. The molecule has 6 rings (SSSR count). The standard InChI is InChI=1S/C32H34N2O3/c35-30-15-16-32(25-10-3-1-4-11-25,26-12-5-2-6-13-26)28-23-34(22-27(28)30)31(36)21-24-9-7-8-14-29(24)33-17-19-37-20-18-33/h1-14,27-28H,15-23H2. The van der Waals surface area contributed by atoms with Crippen LogP contribution >= 0.6 is 0 Å². The van der Waals surface area contributed by atoms with Crippen LogP contribution in [0, 0.1) is 11.8 Å². The number of carbonyl (C=O) groups is 2. The number of Topliss-reactive ketones (excluding diaryl/α,β-unsaturated/α-hetero) is 1. The molecule has 3 aromatic carbocycles. The maximum Gasteiger partial charge on any atom is 0.227 e. The summed E-state index contributed by atoms with van der Waals surface area (Å²) in [5.41, 5.74) is 4.39. The molecule has 2 heterocycles. The van der Waals surface area contributed by atoms with Gasteiger partial charge in [0.05, 0.1) is 19.6 Å². The second kappa shape index (κ2) is 10.1. The van der Waals surface area contributed by atoms with Crippen LogP contribution in [0.25, 0.3) is 0 Å². The summed E-state index contributed by atoms with van der Waals surface area (Å²) in [4.78, 5) is 31.3. The van der Waals surface area contributed by atoms with Crippen molar-refractivity contribution in [3.63, 3.8) is 0 Å². The lowest BCUT2D eigenvalue weighted by molar-refractivity contribution is -0.129. The summed E-state index contributed by atoms with van der Waals surface area (Å²) in [5, 5.41) is 0. The number of para-hydroxylation sites is 1. The lowest BCUT2D eigenvalue weighted by atomic mass is 9.56. The molecule has 0 N–H and O–H groups in total. The van der Waals surface area contributed by atoms with Gasteiger partial charge in [0.1, 0.15) is 5.78 Å². The van der Waals surface area contributed by atoms with E-state index in [2.05, 4.69) is 65.6 Å². The van der Waals surface area contributed by atoms with Crippen LogP contribution in [0.2, 0.25) is 0 Å². The number of ketones is 1. The zero-order chi connectivity index (χ0) is 25.2. The topological polar surface area (TPSA) is 49.9 Å². The van der Waals surface area contributed by atoms with E-state index >= 15 is 0 Å². The van der Waals surface area contributed by atoms with Gasteiger partial charge in [-0.1, -0.05) is 78.9 Å². The second-order valence-corrected chi connectivity index (χ2v) is 10.6. The number of hydrogen-bond donors (Lipinski definition) is 0. The summed E-state index contributed by atoms with van der Waals surface area (Å²) < 4.78 is 5.53. The molecule has 2 saturated heterocycles. The largest absolute Gasteiger partial charge is 0.378 e. The molecule has 2 aliphatic heterocycles.